The van der Waals surface area contributed by atoms with Crippen molar-refractivity contribution in [2.45, 2.75) is 96.9 Å². The molecule has 1 aliphatic heterocycles. The second-order valence-electron chi connectivity index (χ2n) is 13.6. The van der Waals surface area contributed by atoms with Crippen LogP contribution in [0.25, 0.3) is 0 Å². The Morgan fingerprint density at radius 3 is 2.52 bits per heavy atom. The number of thiophene rings is 1. The average Bonchev–Trinajstić information content (AvgIpc) is 3.58. The van der Waals surface area contributed by atoms with Crippen molar-refractivity contribution in [2.24, 2.45) is 17.3 Å². The van der Waals surface area contributed by atoms with Gasteiger partial charge in [-0.05, 0) is 87.3 Å². The molecule has 0 radical (unpaired) electrons. The van der Waals surface area contributed by atoms with Gasteiger partial charge in [0.05, 0.1) is 29.6 Å². The zero-order valence-corrected chi connectivity index (χ0v) is 26.5. The van der Waals surface area contributed by atoms with E-state index in [0.29, 0.717) is 34.4 Å². The molecule has 1 aromatic carbocycles. The molecule has 5 atom stereocenters. The summed E-state index contributed by atoms with van der Waals surface area (Å²) in [6, 6.07) is 8.92. The summed E-state index contributed by atoms with van der Waals surface area (Å²) >= 11 is 1.37. The van der Waals surface area contributed by atoms with E-state index in [4.69, 9.17) is 18.8 Å². The van der Waals surface area contributed by atoms with Gasteiger partial charge in [0.15, 0.2) is 5.78 Å². The van der Waals surface area contributed by atoms with Crippen LogP contribution in [-0.2, 0) is 25.3 Å². The van der Waals surface area contributed by atoms with Crippen molar-refractivity contribution in [3.63, 3.8) is 0 Å². The normalized spacial score (nSPS) is 26.5. The molecule has 4 fully saturated rings. The summed E-state index contributed by atoms with van der Waals surface area (Å²) < 4.78 is 24.7. The molecule has 8 nitrogen and oxygen atoms in total. The van der Waals surface area contributed by atoms with Crippen LogP contribution in [0.5, 0.6) is 5.75 Å². The quantitative estimate of drug-likeness (QED) is 0.215. The Morgan fingerprint density at radius 2 is 1.88 bits per heavy atom. The lowest BCUT2D eigenvalue weighted by atomic mass is 9.43. The van der Waals surface area contributed by atoms with E-state index in [1.54, 1.807) is 18.2 Å². The number of hydrogen-bond donors (Lipinski definition) is 1. The summed E-state index contributed by atoms with van der Waals surface area (Å²) in [7, 11) is 0.825. The maximum absolute atomic E-state index is 13.3. The summed E-state index contributed by atoms with van der Waals surface area (Å²) in [5.41, 5.74) is 0.0883. The molecule has 2 heterocycles. The monoisotopic (exact) mass is 595 g/mol. The van der Waals surface area contributed by atoms with Gasteiger partial charge >= 0.3 is 13.1 Å². The van der Waals surface area contributed by atoms with Gasteiger partial charge in [0, 0.05) is 12.8 Å². The third kappa shape index (κ3) is 5.90. The molecule has 1 aromatic heterocycles. The fourth-order valence-electron chi connectivity index (χ4n) is 7.07. The first-order chi connectivity index (χ1) is 19.7. The number of carbonyl (C=O) groups excluding carboxylic acids is 3. The number of carbonyl (C=O) groups is 3. The van der Waals surface area contributed by atoms with Crippen molar-refractivity contribution in [3.05, 3.63) is 51.7 Å². The smallest absolute Gasteiger partial charge is 0.482 e. The topological polar surface area (TPSA) is 100 Å². The molecule has 1 saturated heterocycles. The van der Waals surface area contributed by atoms with Gasteiger partial charge in [-0.1, -0.05) is 32.0 Å². The highest BCUT2D eigenvalue weighted by Crippen LogP contribution is 2.65. The maximum Gasteiger partial charge on any atom is 0.482 e. The van der Waals surface area contributed by atoms with Gasteiger partial charge in [0.2, 0.25) is 5.91 Å². The number of benzene rings is 1. The lowest BCUT2D eigenvalue weighted by molar-refractivity contribution is -0.199. The summed E-state index contributed by atoms with van der Waals surface area (Å²) in [6.45, 7) is 12.2. The van der Waals surface area contributed by atoms with E-state index >= 15 is 0 Å². The van der Waals surface area contributed by atoms with E-state index in [-0.39, 0.29) is 36.1 Å². The summed E-state index contributed by atoms with van der Waals surface area (Å²) in [5, 5.41) is 4.96. The van der Waals surface area contributed by atoms with Crippen molar-refractivity contribution in [1.29, 1.82) is 0 Å². The molecule has 3 saturated carbocycles. The highest BCUT2D eigenvalue weighted by atomic mass is 32.1. The Balaban J connectivity index is 1.38. The van der Waals surface area contributed by atoms with Gasteiger partial charge in [-0.25, -0.2) is 4.79 Å². The minimum Gasteiger partial charge on any atom is -0.496 e. The van der Waals surface area contributed by atoms with Crippen molar-refractivity contribution < 1.29 is 33.2 Å². The van der Waals surface area contributed by atoms with Crippen LogP contribution >= 0.6 is 11.3 Å². The predicted molar refractivity (Wildman–Crippen MR) is 162 cm³/mol. The molecule has 226 valence electrons. The van der Waals surface area contributed by atoms with Crippen LogP contribution in [0, 0.1) is 17.3 Å². The molecule has 4 unspecified atom stereocenters. The minimum absolute atomic E-state index is 0.0491. The summed E-state index contributed by atoms with van der Waals surface area (Å²) in [4.78, 5) is 39.5. The predicted octanol–water partition coefficient (Wildman–Crippen LogP) is 5.67. The molecule has 1 amide bonds. The van der Waals surface area contributed by atoms with Crippen LogP contribution in [0.4, 0.5) is 0 Å². The number of nitrogens with one attached hydrogen (secondary N) is 1. The van der Waals surface area contributed by atoms with Crippen LogP contribution in [0.15, 0.2) is 35.7 Å². The number of hydrogen-bond acceptors (Lipinski definition) is 8. The molecular weight excluding hydrogens is 553 g/mol. The SMILES string of the molecule is COc1c(CC(NC(=O)CCC(=O)c2cccs2)B2OC3CC4C[C@H](C4(C)C)C3(C)O2)cccc1C(=O)OC(C)(C)C. The number of Topliss-reactive ketones (excluding diaryl/α,β-unsaturated/α-hetero) is 1. The lowest BCUT2D eigenvalue weighted by Crippen LogP contribution is -2.65. The highest BCUT2D eigenvalue weighted by molar-refractivity contribution is 7.12. The number of rotatable bonds is 10. The van der Waals surface area contributed by atoms with E-state index in [0.717, 1.165) is 18.4 Å². The van der Waals surface area contributed by atoms with Crippen LogP contribution in [-0.4, -0.2) is 55.1 Å². The maximum atomic E-state index is 13.3. The molecule has 42 heavy (non-hydrogen) atoms. The van der Waals surface area contributed by atoms with Crippen LogP contribution in [0.2, 0.25) is 0 Å². The standard InChI is InChI=1S/C32H42BNO7S/c1-30(2,3)39-29(37)21-11-8-10-19(28(21)38-7)16-26(34-27(36)14-13-22(35)23-12-9-15-42-23)33-40-25-18-20-17-24(31(20,4)5)32(25,6)41-33/h8-12,15,20,24-26H,13-14,16-18H2,1-7H3,(H,34,36)/t20?,24-,25?,26?,32?/m1/s1. The Labute approximate surface area is 253 Å². The molecule has 4 aliphatic rings. The van der Waals surface area contributed by atoms with Crippen LogP contribution < -0.4 is 10.1 Å². The van der Waals surface area contributed by atoms with Crippen molar-refractivity contribution in [2.75, 3.05) is 7.11 Å². The van der Waals surface area contributed by atoms with E-state index in [9.17, 15) is 14.4 Å². The fourth-order valence-corrected chi connectivity index (χ4v) is 7.76. The second kappa shape index (κ2) is 11.4. The molecule has 2 aromatic rings. The van der Waals surface area contributed by atoms with E-state index in [2.05, 4.69) is 26.1 Å². The van der Waals surface area contributed by atoms with E-state index in [1.165, 1.54) is 18.4 Å². The zero-order valence-electron chi connectivity index (χ0n) is 25.7. The van der Waals surface area contributed by atoms with E-state index < -0.39 is 30.2 Å². The molecule has 6 rings (SSSR count). The minimum atomic E-state index is -0.693. The van der Waals surface area contributed by atoms with Gasteiger partial charge < -0.3 is 24.1 Å². The molecule has 1 N–H and O–H groups in total. The number of methoxy groups -OCH3 is 1. The van der Waals surface area contributed by atoms with Gasteiger partial charge in [0.25, 0.3) is 0 Å². The molecule has 3 aliphatic carbocycles. The van der Waals surface area contributed by atoms with Gasteiger partial charge in [-0.3, -0.25) is 9.59 Å². The van der Waals surface area contributed by atoms with Crippen molar-refractivity contribution >= 4 is 36.1 Å². The number of para-hydroxylation sites is 1. The number of esters is 1. The van der Waals surface area contributed by atoms with Gasteiger partial charge in [-0.2, -0.15) is 0 Å². The first-order valence-electron chi connectivity index (χ1n) is 14.8. The first-order valence-corrected chi connectivity index (χ1v) is 15.7. The average molecular weight is 596 g/mol. The van der Waals surface area contributed by atoms with Crippen LogP contribution in [0.1, 0.15) is 92.8 Å². The Kier molecular flexibility index (Phi) is 8.37. The van der Waals surface area contributed by atoms with Gasteiger partial charge in [-0.15, -0.1) is 11.3 Å². The van der Waals surface area contributed by atoms with Gasteiger partial charge in [0.1, 0.15) is 16.9 Å². The number of amides is 1. The largest absolute Gasteiger partial charge is 0.496 e. The zero-order chi connectivity index (χ0) is 30.4. The molecule has 10 heteroatoms. The molecular formula is C32H42BNO7S. The van der Waals surface area contributed by atoms with Crippen molar-refractivity contribution in [1.82, 2.24) is 5.32 Å². The Morgan fingerprint density at radius 1 is 1.12 bits per heavy atom. The highest BCUT2D eigenvalue weighted by Gasteiger charge is 2.68. The third-order valence-electron chi connectivity index (χ3n) is 9.38. The third-order valence-corrected chi connectivity index (χ3v) is 10.3. The Hall–Kier alpha value is -2.69. The summed E-state index contributed by atoms with van der Waals surface area (Å²) in [6.07, 6.45) is 2.44. The number of ketones is 1. The number of ether oxygens (including phenoxy) is 2. The summed E-state index contributed by atoms with van der Waals surface area (Å²) in [5.74, 6) is -0.0266. The Bertz CT molecular complexity index is 1340. The van der Waals surface area contributed by atoms with Crippen molar-refractivity contribution in [3.8, 4) is 5.75 Å². The first kappa shape index (κ1) is 30.8. The molecule has 0 spiro atoms. The molecule has 2 bridgehead atoms. The van der Waals surface area contributed by atoms with Crippen LogP contribution in [0.3, 0.4) is 0 Å². The van der Waals surface area contributed by atoms with E-state index in [1.807, 2.05) is 38.3 Å². The lowest BCUT2D eigenvalue weighted by Gasteiger charge is -2.64. The fraction of sp³-hybridized carbons (Fsp3) is 0.594. The second-order valence-corrected chi connectivity index (χ2v) is 14.6.